The van der Waals surface area contributed by atoms with Crippen molar-refractivity contribution in [3.05, 3.63) is 39.3 Å². The second-order valence-electron chi connectivity index (χ2n) is 10.5. The van der Waals surface area contributed by atoms with Gasteiger partial charge in [-0.15, -0.1) is 10.2 Å². The SMILES string of the molecule is CCn1c(=O)n(-c2nnc(C(F)F)s2)c2cc(S(=O)(=O)NC3(CF)COC3)cc(C3=CCN(C(=O)N(C)C)[C@@H](C)C3)c21. The fraction of sp³-hybridized carbons (Fsp3) is 0.520. The number of nitrogens with zero attached hydrogens (tertiary/aromatic N) is 6. The summed E-state index contributed by atoms with van der Waals surface area (Å²) in [6, 6.07) is 2.21. The number of carbonyl (C=O) groups is 1. The largest absolute Gasteiger partial charge is 0.377 e. The quantitative estimate of drug-likeness (QED) is 0.406. The highest BCUT2D eigenvalue weighted by molar-refractivity contribution is 7.89. The molecule has 2 aliphatic rings. The topological polar surface area (TPSA) is 132 Å². The summed E-state index contributed by atoms with van der Waals surface area (Å²) in [5.41, 5.74) is -0.462. The lowest BCUT2D eigenvalue weighted by Gasteiger charge is -2.39. The van der Waals surface area contributed by atoms with Crippen LogP contribution < -0.4 is 10.4 Å². The fourth-order valence-corrected chi connectivity index (χ4v) is 7.26. The first-order valence-electron chi connectivity index (χ1n) is 13.1. The van der Waals surface area contributed by atoms with Crippen molar-refractivity contribution in [2.75, 3.05) is 40.5 Å². The van der Waals surface area contributed by atoms with E-state index in [9.17, 15) is 31.2 Å². The maximum Gasteiger partial charge on any atom is 0.335 e. The van der Waals surface area contributed by atoms with E-state index in [1.165, 1.54) is 21.6 Å². The van der Waals surface area contributed by atoms with Gasteiger partial charge in [0.15, 0.2) is 5.01 Å². The Balaban J connectivity index is 1.75. The van der Waals surface area contributed by atoms with Crippen LogP contribution in [0.5, 0.6) is 0 Å². The zero-order chi connectivity index (χ0) is 30.6. The van der Waals surface area contributed by atoms with Gasteiger partial charge in [0.1, 0.15) is 12.2 Å². The number of hydrogen-bond acceptors (Lipinski definition) is 8. The Bertz CT molecular complexity index is 1720. The normalized spacial score (nSPS) is 18.8. The summed E-state index contributed by atoms with van der Waals surface area (Å²) in [5, 5.41) is 6.55. The molecular formula is C25H30F3N7O5S2. The third-order valence-electron chi connectivity index (χ3n) is 7.35. The van der Waals surface area contributed by atoms with Crippen molar-refractivity contribution >= 4 is 44.0 Å². The van der Waals surface area contributed by atoms with Gasteiger partial charge in [0.05, 0.1) is 29.1 Å². The van der Waals surface area contributed by atoms with E-state index in [1.54, 1.807) is 32.0 Å². The standard InChI is InChI=1S/C25H30F3N7O5S2/c1-5-33-19-17(15-6-7-34(14(2)8-15)23(36)32(3)4)9-16(42(38,39)31-25(11-26)12-40-13-25)10-18(19)35(24(33)37)22-30-29-21(41-22)20(27)28/h6,9-10,14,20,31H,5,7-8,11-13H2,1-4H3/t14-/m0/s1. The summed E-state index contributed by atoms with van der Waals surface area (Å²) in [6.45, 7) is 2.72. The molecule has 1 fully saturated rings. The Morgan fingerprint density at radius 2 is 2.00 bits per heavy atom. The molecule has 0 saturated carbocycles. The first-order valence-corrected chi connectivity index (χ1v) is 15.4. The van der Waals surface area contributed by atoms with Gasteiger partial charge in [-0.3, -0.25) is 4.57 Å². The molecule has 0 aliphatic carbocycles. The average Bonchev–Trinajstić information content (AvgIpc) is 3.51. The predicted molar refractivity (Wildman–Crippen MR) is 149 cm³/mol. The minimum absolute atomic E-state index is 0.108. The lowest BCUT2D eigenvalue weighted by Crippen LogP contribution is -2.63. The molecular weight excluding hydrogens is 599 g/mol. The van der Waals surface area contributed by atoms with Crippen LogP contribution in [0.15, 0.2) is 27.9 Å². The summed E-state index contributed by atoms with van der Waals surface area (Å²) < 4.78 is 77.8. The molecule has 1 saturated heterocycles. The molecule has 2 aromatic heterocycles. The highest BCUT2D eigenvalue weighted by atomic mass is 32.2. The van der Waals surface area contributed by atoms with E-state index in [1.807, 2.05) is 6.92 Å². The Kier molecular flexibility index (Phi) is 7.97. The number of sulfonamides is 1. The van der Waals surface area contributed by atoms with E-state index in [4.69, 9.17) is 4.74 Å². The Morgan fingerprint density at radius 1 is 1.29 bits per heavy atom. The van der Waals surface area contributed by atoms with Gasteiger partial charge in [0.2, 0.25) is 15.2 Å². The molecule has 0 bridgehead atoms. The Hall–Kier alpha value is -3.28. The number of hydrogen-bond donors (Lipinski definition) is 1. The number of urea groups is 1. The zero-order valence-corrected chi connectivity index (χ0v) is 24.9. The number of imidazole rings is 1. The van der Waals surface area contributed by atoms with Gasteiger partial charge in [-0.25, -0.2) is 35.7 Å². The van der Waals surface area contributed by atoms with Gasteiger partial charge < -0.3 is 14.5 Å². The van der Waals surface area contributed by atoms with Crippen LogP contribution in [0.2, 0.25) is 0 Å². The molecule has 1 N–H and O–H groups in total. The summed E-state index contributed by atoms with van der Waals surface area (Å²) in [6.07, 6.45) is -0.777. The number of ether oxygens (including phenoxy) is 1. The number of alkyl halides is 3. The van der Waals surface area contributed by atoms with E-state index >= 15 is 0 Å². The molecule has 2 aliphatic heterocycles. The van der Waals surface area contributed by atoms with E-state index in [0.717, 1.165) is 4.57 Å². The number of aryl methyl sites for hydroxylation is 1. The number of aromatic nitrogens is 4. The summed E-state index contributed by atoms with van der Waals surface area (Å²) in [4.78, 5) is 29.2. The molecule has 0 radical (unpaired) electrons. The van der Waals surface area contributed by atoms with Crippen LogP contribution in [0.1, 0.15) is 37.3 Å². The van der Waals surface area contributed by atoms with Crippen LogP contribution >= 0.6 is 11.3 Å². The highest BCUT2D eigenvalue weighted by Gasteiger charge is 2.43. The summed E-state index contributed by atoms with van der Waals surface area (Å²) in [7, 11) is -1.07. The second kappa shape index (κ2) is 11.1. The van der Waals surface area contributed by atoms with Crippen LogP contribution in [-0.2, 0) is 21.3 Å². The third-order valence-corrected chi connectivity index (χ3v) is 9.82. The van der Waals surface area contributed by atoms with E-state index in [0.29, 0.717) is 34.4 Å². The first kappa shape index (κ1) is 30.2. The van der Waals surface area contributed by atoms with Crippen molar-refractivity contribution in [3.8, 4) is 5.13 Å². The van der Waals surface area contributed by atoms with E-state index in [-0.39, 0.29) is 53.9 Å². The maximum atomic E-state index is 13.8. The molecule has 2 amide bonds. The number of amides is 2. The predicted octanol–water partition coefficient (Wildman–Crippen LogP) is 2.78. The van der Waals surface area contributed by atoms with Gasteiger partial charge in [-0.05, 0) is 38.0 Å². The number of rotatable bonds is 8. The molecule has 17 heteroatoms. The molecule has 1 atom stereocenters. The van der Waals surface area contributed by atoms with Gasteiger partial charge in [0.25, 0.3) is 6.43 Å². The third kappa shape index (κ3) is 5.11. The monoisotopic (exact) mass is 629 g/mol. The molecule has 0 unspecified atom stereocenters. The van der Waals surface area contributed by atoms with Crippen molar-refractivity contribution < 1.29 is 31.1 Å². The average molecular weight is 630 g/mol. The number of fused-ring (bicyclic) bond motifs is 1. The maximum absolute atomic E-state index is 13.8. The number of benzene rings is 1. The lowest BCUT2D eigenvalue weighted by atomic mass is 9.94. The Morgan fingerprint density at radius 3 is 2.52 bits per heavy atom. The first-order chi connectivity index (χ1) is 19.8. The molecule has 3 aromatic rings. The molecule has 4 heterocycles. The molecule has 1 aromatic carbocycles. The summed E-state index contributed by atoms with van der Waals surface area (Å²) >= 11 is 0.517. The number of nitrogens with one attached hydrogen (secondary N) is 1. The molecule has 12 nitrogen and oxygen atoms in total. The molecule has 5 rings (SSSR count). The van der Waals surface area contributed by atoms with Crippen LogP contribution in [0.4, 0.5) is 18.0 Å². The second-order valence-corrected chi connectivity index (χ2v) is 13.2. The lowest BCUT2D eigenvalue weighted by molar-refractivity contribution is -0.0725. The van der Waals surface area contributed by atoms with Crippen molar-refractivity contribution in [3.63, 3.8) is 0 Å². The number of halogens is 3. The van der Waals surface area contributed by atoms with Crippen molar-refractivity contribution in [2.24, 2.45) is 0 Å². The van der Waals surface area contributed by atoms with Gasteiger partial charge in [0, 0.05) is 38.8 Å². The van der Waals surface area contributed by atoms with Crippen molar-refractivity contribution in [1.82, 2.24) is 33.9 Å². The van der Waals surface area contributed by atoms with Crippen LogP contribution in [0.25, 0.3) is 21.7 Å². The van der Waals surface area contributed by atoms with E-state index in [2.05, 4.69) is 14.9 Å². The van der Waals surface area contributed by atoms with Crippen LogP contribution in [0.3, 0.4) is 0 Å². The minimum Gasteiger partial charge on any atom is -0.377 e. The van der Waals surface area contributed by atoms with E-state index < -0.39 is 39.4 Å². The van der Waals surface area contributed by atoms with Gasteiger partial charge >= 0.3 is 11.7 Å². The molecule has 0 spiro atoms. The van der Waals surface area contributed by atoms with Crippen molar-refractivity contribution in [2.45, 2.75) is 49.7 Å². The fourth-order valence-electron chi connectivity index (χ4n) is 5.15. The van der Waals surface area contributed by atoms with Crippen LogP contribution in [0, 0.1) is 0 Å². The van der Waals surface area contributed by atoms with Crippen molar-refractivity contribution in [1.29, 1.82) is 0 Å². The smallest absolute Gasteiger partial charge is 0.335 e. The highest BCUT2D eigenvalue weighted by Crippen LogP contribution is 2.36. The zero-order valence-electron chi connectivity index (χ0n) is 23.3. The Labute approximate surface area is 243 Å². The molecule has 228 valence electrons. The van der Waals surface area contributed by atoms with Gasteiger partial charge in [-0.2, -0.15) is 4.72 Å². The molecule has 42 heavy (non-hydrogen) atoms. The van der Waals surface area contributed by atoms with Gasteiger partial charge in [-0.1, -0.05) is 17.4 Å². The minimum atomic E-state index is -4.36. The summed E-state index contributed by atoms with van der Waals surface area (Å²) in [5.74, 6) is 0. The van der Waals surface area contributed by atoms with Crippen LogP contribution in [-0.4, -0.2) is 95.7 Å². The number of carbonyl (C=O) groups excluding carboxylic acids is 1.